The predicted molar refractivity (Wildman–Crippen MR) is 102 cm³/mol. The number of carbonyl (C=O) groups is 1. The van der Waals surface area contributed by atoms with Crippen LogP contribution in [0, 0.1) is 0 Å². The molecule has 6 nitrogen and oxygen atoms in total. The lowest BCUT2D eigenvalue weighted by molar-refractivity contribution is 0.0720. The van der Waals surface area contributed by atoms with Gasteiger partial charge in [-0.3, -0.25) is 9.59 Å². The molecule has 0 N–H and O–H groups in total. The Balaban J connectivity index is 1.39. The fourth-order valence-corrected chi connectivity index (χ4v) is 4.02. The van der Waals surface area contributed by atoms with Gasteiger partial charge in [-0.05, 0) is 49.9 Å². The third-order valence-corrected chi connectivity index (χ3v) is 5.66. The van der Waals surface area contributed by atoms with Crippen molar-refractivity contribution in [1.29, 1.82) is 0 Å². The summed E-state index contributed by atoms with van der Waals surface area (Å²) in [6, 6.07) is 11.3. The quantitative estimate of drug-likeness (QED) is 0.717. The highest BCUT2D eigenvalue weighted by Gasteiger charge is 2.31. The summed E-state index contributed by atoms with van der Waals surface area (Å²) in [7, 11) is 0. The number of hydrogen-bond acceptors (Lipinski definition) is 3. The second kappa shape index (κ2) is 6.37. The fourth-order valence-electron chi connectivity index (χ4n) is 4.02. The lowest BCUT2D eigenvalue weighted by atomic mass is 10.2. The minimum absolute atomic E-state index is 0.0140. The Hall–Kier alpha value is -2.89. The number of hydrogen-bond donors (Lipinski definition) is 0. The zero-order chi connectivity index (χ0) is 18.4. The highest BCUT2D eigenvalue weighted by molar-refractivity contribution is 5.96. The maximum Gasteiger partial charge on any atom is 0.266 e. The molecule has 138 valence electrons. The van der Waals surface area contributed by atoms with Crippen LogP contribution in [0.25, 0.3) is 5.52 Å². The second-order valence-corrected chi connectivity index (χ2v) is 7.61. The van der Waals surface area contributed by atoms with Crippen molar-refractivity contribution < 1.29 is 4.79 Å². The third kappa shape index (κ3) is 3.05. The van der Waals surface area contributed by atoms with E-state index in [-0.39, 0.29) is 17.5 Å². The van der Waals surface area contributed by atoms with E-state index < -0.39 is 0 Å². The zero-order valence-corrected chi connectivity index (χ0v) is 15.1. The summed E-state index contributed by atoms with van der Waals surface area (Å²) in [4.78, 5) is 27.3. The largest absolute Gasteiger partial charge is 0.334 e. The molecule has 5 rings (SSSR count). The van der Waals surface area contributed by atoms with Gasteiger partial charge in [-0.15, -0.1) is 0 Å². The number of rotatable bonds is 4. The molecule has 2 aliphatic rings. The van der Waals surface area contributed by atoms with Crippen LogP contribution in [0.15, 0.2) is 53.6 Å². The van der Waals surface area contributed by atoms with Gasteiger partial charge in [-0.2, -0.15) is 5.10 Å². The Morgan fingerprint density at radius 1 is 1.15 bits per heavy atom. The molecule has 2 fully saturated rings. The summed E-state index contributed by atoms with van der Waals surface area (Å²) in [5.41, 5.74) is 2.62. The van der Waals surface area contributed by atoms with E-state index in [1.165, 1.54) is 0 Å². The first-order chi connectivity index (χ1) is 13.2. The standard InChI is InChI=1S/C21H22N4O2/c26-20-9-8-19(15-6-7-15)22-25(20)14-18-5-3-11-24(18)21(27)16-12-17-4-1-2-10-23(17)13-16/h1-2,4,8-10,12-13,15,18H,3,5-7,11,14H2. The van der Waals surface area contributed by atoms with Gasteiger partial charge in [0.15, 0.2) is 0 Å². The number of aromatic nitrogens is 3. The van der Waals surface area contributed by atoms with Gasteiger partial charge in [0.2, 0.25) is 0 Å². The van der Waals surface area contributed by atoms with Crippen LogP contribution in [0.2, 0.25) is 0 Å². The normalized spacial score (nSPS) is 19.7. The monoisotopic (exact) mass is 362 g/mol. The third-order valence-electron chi connectivity index (χ3n) is 5.66. The molecule has 0 bridgehead atoms. The summed E-state index contributed by atoms with van der Waals surface area (Å²) in [5.74, 6) is 0.541. The van der Waals surface area contributed by atoms with E-state index in [4.69, 9.17) is 0 Å². The number of likely N-dealkylation sites (tertiary alicyclic amines) is 1. The molecule has 0 aromatic carbocycles. The number of pyridine rings is 1. The molecule has 6 heteroatoms. The molecule has 3 aromatic heterocycles. The fraction of sp³-hybridized carbons (Fsp3) is 0.381. The average molecular weight is 362 g/mol. The molecule has 1 atom stereocenters. The Bertz CT molecular complexity index is 1030. The van der Waals surface area contributed by atoms with Crippen LogP contribution in [0.3, 0.4) is 0 Å². The zero-order valence-electron chi connectivity index (χ0n) is 15.1. The summed E-state index contributed by atoms with van der Waals surface area (Å²) >= 11 is 0. The molecule has 1 saturated carbocycles. The smallest absolute Gasteiger partial charge is 0.266 e. The SMILES string of the molecule is O=C(c1cc2ccccn2c1)N1CCCC1Cn1nc(C2CC2)ccc1=O. The van der Waals surface area contributed by atoms with E-state index in [0.29, 0.717) is 18.0 Å². The molecule has 0 radical (unpaired) electrons. The Kier molecular flexibility index (Phi) is 3.85. The molecule has 1 saturated heterocycles. The molecular formula is C21H22N4O2. The maximum atomic E-state index is 13.1. The summed E-state index contributed by atoms with van der Waals surface area (Å²) in [6.45, 7) is 1.20. The van der Waals surface area contributed by atoms with E-state index in [2.05, 4.69) is 5.10 Å². The molecule has 1 aliphatic carbocycles. The van der Waals surface area contributed by atoms with E-state index >= 15 is 0 Å². The van der Waals surface area contributed by atoms with Gasteiger partial charge >= 0.3 is 0 Å². The van der Waals surface area contributed by atoms with Crippen molar-refractivity contribution in [3.63, 3.8) is 0 Å². The number of nitrogens with zero attached hydrogens (tertiary/aromatic N) is 4. The number of carbonyl (C=O) groups excluding carboxylic acids is 1. The van der Waals surface area contributed by atoms with Crippen molar-refractivity contribution in [1.82, 2.24) is 19.1 Å². The minimum Gasteiger partial charge on any atom is -0.334 e. The van der Waals surface area contributed by atoms with Gasteiger partial charge in [0, 0.05) is 36.4 Å². The summed E-state index contributed by atoms with van der Waals surface area (Å²) in [5, 5.41) is 4.56. The van der Waals surface area contributed by atoms with Crippen LogP contribution in [-0.2, 0) is 6.54 Å². The van der Waals surface area contributed by atoms with Crippen molar-refractivity contribution in [2.45, 2.75) is 44.2 Å². The first kappa shape index (κ1) is 16.3. The Morgan fingerprint density at radius 3 is 2.85 bits per heavy atom. The predicted octanol–water partition coefficient (Wildman–Crippen LogP) is 2.68. The molecule has 3 aromatic rings. The molecular weight excluding hydrogens is 340 g/mol. The van der Waals surface area contributed by atoms with Gasteiger partial charge in [0.05, 0.1) is 23.8 Å². The lowest BCUT2D eigenvalue weighted by Crippen LogP contribution is -2.40. The number of amides is 1. The van der Waals surface area contributed by atoms with Crippen LogP contribution in [0.5, 0.6) is 0 Å². The van der Waals surface area contributed by atoms with Gasteiger partial charge in [0.25, 0.3) is 11.5 Å². The van der Waals surface area contributed by atoms with Gasteiger partial charge < -0.3 is 9.30 Å². The minimum atomic E-state index is -0.0895. The molecule has 27 heavy (non-hydrogen) atoms. The van der Waals surface area contributed by atoms with Crippen LogP contribution < -0.4 is 5.56 Å². The molecule has 0 spiro atoms. The van der Waals surface area contributed by atoms with E-state index in [9.17, 15) is 9.59 Å². The van der Waals surface area contributed by atoms with Gasteiger partial charge in [0.1, 0.15) is 0 Å². The highest BCUT2D eigenvalue weighted by atomic mass is 16.2. The topological polar surface area (TPSA) is 59.6 Å². The average Bonchev–Trinajstić information content (AvgIpc) is 3.27. The molecule has 4 heterocycles. The second-order valence-electron chi connectivity index (χ2n) is 7.61. The Morgan fingerprint density at radius 2 is 2.04 bits per heavy atom. The van der Waals surface area contributed by atoms with Crippen LogP contribution in [0.4, 0.5) is 0 Å². The van der Waals surface area contributed by atoms with Crippen LogP contribution in [-0.4, -0.2) is 37.6 Å². The highest BCUT2D eigenvalue weighted by Crippen LogP contribution is 2.38. The van der Waals surface area contributed by atoms with E-state index in [1.807, 2.05) is 52.0 Å². The van der Waals surface area contributed by atoms with Crippen LogP contribution >= 0.6 is 0 Å². The van der Waals surface area contributed by atoms with Crippen molar-refractivity contribution in [3.05, 3.63) is 70.4 Å². The first-order valence-corrected chi connectivity index (χ1v) is 9.65. The molecule has 1 unspecified atom stereocenters. The van der Waals surface area contributed by atoms with E-state index in [0.717, 1.165) is 43.4 Å². The molecule has 1 amide bonds. The van der Waals surface area contributed by atoms with E-state index in [1.54, 1.807) is 10.7 Å². The first-order valence-electron chi connectivity index (χ1n) is 9.65. The van der Waals surface area contributed by atoms with Gasteiger partial charge in [-0.25, -0.2) is 4.68 Å². The maximum absolute atomic E-state index is 13.1. The van der Waals surface area contributed by atoms with Crippen molar-refractivity contribution in [2.24, 2.45) is 0 Å². The number of fused-ring (bicyclic) bond motifs is 1. The van der Waals surface area contributed by atoms with Gasteiger partial charge in [-0.1, -0.05) is 6.07 Å². The van der Waals surface area contributed by atoms with Crippen LogP contribution in [0.1, 0.15) is 47.7 Å². The summed E-state index contributed by atoms with van der Waals surface area (Å²) < 4.78 is 3.52. The summed E-state index contributed by atoms with van der Waals surface area (Å²) in [6.07, 6.45) is 8.00. The molecule has 1 aliphatic heterocycles. The van der Waals surface area contributed by atoms with Crippen molar-refractivity contribution >= 4 is 11.4 Å². The Labute approximate surface area is 157 Å². The van der Waals surface area contributed by atoms with Crippen molar-refractivity contribution in [2.75, 3.05) is 6.54 Å². The lowest BCUT2D eigenvalue weighted by Gasteiger charge is -2.24. The van der Waals surface area contributed by atoms with Crippen molar-refractivity contribution in [3.8, 4) is 0 Å².